The maximum atomic E-state index is 14.2. The number of carbonyl (C=O) groups excluding carboxylic acids is 2. The van der Waals surface area contributed by atoms with E-state index in [2.05, 4.69) is 88.9 Å². The summed E-state index contributed by atoms with van der Waals surface area (Å²) < 4.78 is 60.2. The number of fused-ring (bicyclic) bond motifs is 3. The van der Waals surface area contributed by atoms with Gasteiger partial charge in [-0.2, -0.15) is 4.31 Å². The van der Waals surface area contributed by atoms with Crippen LogP contribution in [0.1, 0.15) is 86.5 Å². The van der Waals surface area contributed by atoms with E-state index in [-0.39, 0.29) is 24.7 Å². The number of phosphoric acid groups is 3. The highest BCUT2D eigenvalue weighted by Crippen LogP contribution is 2.65. The van der Waals surface area contributed by atoms with Crippen molar-refractivity contribution in [3.05, 3.63) is 83.2 Å². The van der Waals surface area contributed by atoms with Crippen molar-refractivity contribution in [1.29, 1.82) is 0 Å². The number of aliphatic hydroxyl groups is 1. The maximum Gasteiger partial charge on any atom is 0.487 e. The minimum absolute atomic E-state index is 0.0387. The van der Waals surface area contributed by atoms with Crippen LogP contribution in [0.4, 0.5) is 11.5 Å². The summed E-state index contributed by atoms with van der Waals surface area (Å²) in [4.78, 5) is 83.6. The highest BCUT2D eigenvalue weighted by Gasteiger charge is 2.42. The van der Waals surface area contributed by atoms with E-state index >= 15 is 0 Å². The second-order valence-corrected chi connectivity index (χ2v) is 22.2. The summed E-state index contributed by atoms with van der Waals surface area (Å²) in [6, 6.07) is 15.9. The highest BCUT2D eigenvalue weighted by molar-refractivity contribution is 7.66. The summed E-state index contributed by atoms with van der Waals surface area (Å²) in [7, 11) is -15.3. The lowest BCUT2D eigenvalue weighted by atomic mass is 9.89. The number of hydrogen-bond donors (Lipinski definition) is 8. The van der Waals surface area contributed by atoms with Crippen LogP contribution in [0.3, 0.4) is 0 Å². The molecule has 7 rings (SSSR count). The van der Waals surface area contributed by atoms with Gasteiger partial charge in [0, 0.05) is 85.5 Å². The van der Waals surface area contributed by atoms with Gasteiger partial charge in [0.1, 0.15) is 36.5 Å². The van der Waals surface area contributed by atoms with Crippen LogP contribution >= 0.6 is 23.5 Å². The second-order valence-electron chi connectivity index (χ2n) is 17.8. The first kappa shape index (κ1) is 56.3. The predicted molar refractivity (Wildman–Crippen MR) is 270 cm³/mol. The summed E-state index contributed by atoms with van der Waals surface area (Å²) in [5, 5.41) is 22.1. The number of nitrogens with one attached hydrogen (secondary N) is 4. The maximum absolute atomic E-state index is 14.2. The standard InChI is InChI=1S/C47H62N9O15P3/c1-6-48-35-23-38-33(21-29(35)3)43(34-22-30(4)36(49-7-2)24-39(34)68-38)31-15-10-11-16-32(31)47(59)55(5)20-14-17-41(58)50-18-12-8-9-13-19-51-45-44-46(53-27-52-45)56(28-54-44)42-25-37(57)40(69-42)26-67-73(63,64)71-74(65,66)70-72(60,61)62/h10-11,15-16,21-24,27-28,37,40,42,48,57H,6-9,12-14,17-20,25-26H2,1-5H3,(H,50,58)(H,63,64)(H,65,66)(H,51,52,53)(H2,60,61,62)/t37-,40+,42+/m0/s1. The molecule has 24 nitrogen and oxygen atoms in total. The molecule has 0 radical (unpaired) electrons. The third kappa shape index (κ3) is 14.3. The van der Waals surface area contributed by atoms with Crippen molar-refractivity contribution in [3.63, 3.8) is 0 Å². The van der Waals surface area contributed by atoms with Gasteiger partial charge in [-0.05, 0) is 76.3 Å². The number of phosphoric ester groups is 1. The number of aliphatic hydroxyl groups excluding tert-OH is 1. The Morgan fingerprint density at radius 1 is 0.919 bits per heavy atom. The van der Waals surface area contributed by atoms with Gasteiger partial charge in [0.25, 0.3) is 13.7 Å². The number of rotatable bonds is 25. The van der Waals surface area contributed by atoms with E-state index < -0.39 is 48.5 Å². The third-order valence-corrected chi connectivity index (χ3v) is 16.0. The van der Waals surface area contributed by atoms with Gasteiger partial charge in [0.05, 0.1) is 25.1 Å². The van der Waals surface area contributed by atoms with Crippen molar-refractivity contribution in [2.45, 2.75) is 91.1 Å². The van der Waals surface area contributed by atoms with Gasteiger partial charge in [0.15, 0.2) is 17.0 Å². The van der Waals surface area contributed by atoms with E-state index in [1.54, 1.807) is 11.9 Å². The van der Waals surface area contributed by atoms with Crippen LogP contribution in [0.15, 0.2) is 65.6 Å². The smallest absolute Gasteiger partial charge is 0.487 e. The number of ether oxygens (including phenoxy) is 1. The molecule has 0 spiro atoms. The van der Waals surface area contributed by atoms with Crippen LogP contribution in [0, 0.1) is 13.8 Å². The van der Waals surface area contributed by atoms with Crippen LogP contribution in [-0.4, -0.2) is 115 Å². The van der Waals surface area contributed by atoms with Gasteiger partial charge in [-0.1, -0.05) is 31.0 Å². The Bertz CT molecular complexity index is 3170. The molecule has 74 heavy (non-hydrogen) atoms. The molecule has 1 fully saturated rings. The van der Waals surface area contributed by atoms with Crippen molar-refractivity contribution in [2.75, 3.05) is 57.0 Å². The summed E-state index contributed by atoms with van der Waals surface area (Å²) in [5.74, 6) is 0.929. The molecule has 4 heterocycles. The Kier molecular flexibility index (Phi) is 18.6. The largest absolute Gasteiger partial charge is 0.756 e. The van der Waals surface area contributed by atoms with Gasteiger partial charge in [-0.3, -0.25) is 23.2 Å². The SMILES string of the molecule is CCNc1cc2oc3cc(=[NH+]CC)c(C)cc-3c(-c3ccccc3C(=O)N(C)CCCC(=O)NCCCCCCNc3ncnc4c3ncn4[C@H]3C[C@H](O)[C@@H](COP(=O)(O)OP(=O)(O)OP(=O)([O-])O)O3)c2cc1C. The number of unbranched alkanes of at least 4 members (excludes halogenated alkanes) is 3. The Balaban J connectivity index is 0.847. The summed E-state index contributed by atoms with van der Waals surface area (Å²) >= 11 is 0. The van der Waals surface area contributed by atoms with Gasteiger partial charge in [-0.15, -0.1) is 0 Å². The molecule has 27 heteroatoms. The van der Waals surface area contributed by atoms with Gasteiger partial charge >= 0.3 is 15.6 Å². The predicted octanol–water partition coefficient (Wildman–Crippen LogP) is 4.39. The van der Waals surface area contributed by atoms with Crippen molar-refractivity contribution in [2.24, 2.45) is 0 Å². The Labute approximate surface area is 426 Å². The number of anilines is 2. The van der Waals surface area contributed by atoms with Crippen LogP contribution in [0.5, 0.6) is 0 Å². The highest BCUT2D eigenvalue weighted by atomic mass is 31.3. The van der Waals surface area contributed by atoms with Crippen molar-refractivity contribution < 1.29 is 75.3 Å². The van der Waals surface area contributed by atoms with E-state index in [1.807, 2.05) is 36.4 Å². The quantitative estimate of drug-likeness (QED) is 0.0224. The zero-order valence-corrected chi connectivity index (χ0v) is 44.2. The number of nitrogens with zero attached hydrogens (tertiary/aromatic N) is 5. The van der Waals surface area contributed by atoms with Crippen molar-refractivity contribution >= 4 is 68.9 Å². The monoisotopic (exact) mass is 1090 g/mol. The average molecular weight is 1090 g/mol. The van der Waals surface area contributed by atoms with Gasteiger partial charge in [-0.25, -0.2) is 33.4 Å². The molecule has 3 unspecified atom stereocenters. The molecule has 1 aliphatic carbocycles. The summed E-state index contributed by atoms with van der Waals surface area (Å²) in [6.45, 7) is 10.4. The molecular formula is C47H62N9O15P3. The fraction of sp³-hybridized carbons (Fsp3) is 0.447. The van der Waals surface area contributed by atoms with Gasteiger partial charge < -0.3 is 54.7 Å². The summed E-state index contributed by atoms with van der Waals surface area (Å²) in [5.41, 5.74) is 7.76. The molecule has 2 aromatic heterocycles. The van der Waals surface area contributed by atoms with E-state index in [9.17, 15) is 43.1 Å². The molecular weight excluding hydrogens is 1020 g/mol. The number of carbonyl (C=O) groups is 2. The molecule has 6 atom stereocenters. The number of imidazole rings is 1. The second kappa shape index (κ2) is 24.5. The Hall–Kier alpha value is -5.45. The fourth-order valence-corrected chi connectivity index (χ4v) is 11.7. The number of aromatic nitrogens is 4. The fourth-order valence-electron chi connectivity index (χ4n) is 8.74. The number of benzene rings is 3. The van der Waals surface area contributed by atoms with Crippen LogP contribution < -0.4 is 31.2 Å². The lowest BCUT2D eigenvalue weighted by molar-refractivity contribution is -0.496. The molecule has 400 valence electrons. The zero-order valence-electron chi connectivity index (χ0n) is 41.6. The zero-order chi connectivity index (χ0) is 53.4. The first-order valence-electron chi connectivity index (χ1n) is 24.1. The molecule has 2 aliphatic heterocycles. The molecule has 2 aromatic carbocycles. The molecule has 8 N–H and O–H groups in total. The molecule has 1 saturated heterocycles. The van der Waals surface area contributed by atoms with E-state index in [4.69, 9.17) is 14.0 Å². The van der Waals surface area contributed by atoms with Crippen LogP contribution in [0.25, 0.3) is 44.6 Å². The first-order chi connectivity index (χ1) is 35.2. The Morgan fingerprint density at radius 3 is 2.42 bits per heavy atom. The number of amides is 2. The topological polar surface area (TPSA) is 336 Å². The molecule has 3 aliphatic rings. The number of aryl methyl sites for hydroxylation is 2. The third-order valence-electron chi connectivity index (χ3n) is 12.2. The molecule has 0 saturated carbocycles. The molecule has 0 bridgehead atoms. The average Bonchev–Trinajstić information content (AvgIpc) is 3.94. The molecule has 4 aromatic rings. The summed E-state index contributed by atoms with van der Waals surface area (Å²) in [6.07, 6.45) is 3.37. The lowest BCUT2D eigenvalue weighted by Crippen LogP contribution is -2.76. The van der Waals surface area contributed by atoms with E-state index in [1.165, 1.54) is 17.2 Å². The lowest BCUT2D eigenvalue weighted by Gasteiger charge is -2.22. The minimum atomic E-state index is -5.82. The van der Waals surface area contributed by atoms with E-state index in [0.717, 1.165) is 83.0 Å². The van der Waals surface area contributed by atoms with Crippen LogP contribution in [0.2, 0.25) is 0 Å². The van der Waals surface area contributed by atoms with Crippen LogP contribution in [-0.2, 0) is 36.4 Å². The van der Waals surface area contributed by atoms with Crippen molar-refractivity contribution in [3.8, 4) is 22.5 Å². The minimum Gasteiger partial charge on any atom is -0.756 e. The Morgan fingerprint density at radius 2 is 1.68 bits per heavy atom. The first-order valence-corrected chi connectivity index (χ1v) is 28.6. The van der Waals surface area contributed by atoms with Gasteiger partial charge in [0.2, 0.25) is 11.3 Å². The van der Waals surface area contributed by atoms with Crippen molar-refractivity contribution in [1.82, 2.24) is 29.7 Å². The van der Waals surface area contributed by atoms with E-state index in [0.29, 0.717) is 59.9 Å². The normalized spacial score (nSPS) is 18.6. The number of hydrogen-bond acceptors (Lipinski definition) is 17. The molecule has 2 amide bonds.